The zero-order chi connectivity index (χ0) is 21.0. The average molecular weight is 416 g/mol. The number of sulfone groups is 1. The molecule has 1 fully saturated rings. The summed E-state index contributed by atoms with van der Waals surface area (Å²) >= 11 is 0. The van der Waals surface area contributed by atoms with Crippen LogP contribution in [0.15, 0.2) is 53.4 Å². The van der Waals surface area contributed by atoms with Crippen molar-refractivity contribution in [2.75, 3.05) is 39.5 Å². The van der Waals surface area contributed by atoms with Gasteiger partial charge in [-0.15, -0.1) is 0 Å². The maximum Gasteiger partial charge on any atom is 0.253 e. The van der Waals surface area contributed by atoms with Crippen LogP contribution < -0.4 is 5.32 Å². The molecule has 2 amide bonds. The van der Waals surface area contributed by atoms with Crippen molar-refractivity contribution in [2.45, 2.75) is 11.4 Å². The van der Waals surface area contributed by atoms with Crippen LogP contribution in [-0.4, -0.2) is 69.5 Å². The quantitative estimate of drug-likeness (QED) is 0.798. The molecule has 1 N–H and O–H groups in total. The van der Waals surface area contributed by atoms with Gasteiger partial charge in [0.15, 0.2) is 9.84 Å². The number of hydrogen-bond acceptors (Lipinski definition) is 5. The molecule has 1 aliphatic heterocycles. The molecule has 1 heterocycles. The smallest absolute Gasteiger partial charge is 0.253 e. The van der Waals surface area contributed by atoms with E-state index in [1.807, 2.05) is 24.1 Å². The number of rotatable bonds is 5. The Bertz CT molecular complexity index is 995. The van der Waals surface area contributed by atoms with Crippen LogP contribution in [0.1, 0.15) is 26.3 Å². The Morgan fingerprint density at radius 2 is 1.62 bits per heavy atom. The third-order valence-corrected chi connectivity index (χ3v) is 6.08. The predicted octanol–water partition coefficient (Wildman–Crippen LogP) is 1.41. The highest BCUT2D eigenvalue weighted by Gasteiger charge is 2.20. The standard InChI is InChI=1S/C21H25N3O4S/c1-23-10-12-24(13-11-23)21(26)17-8-6-16(7-9-17)15-22-20(25)18-4-3-5-19(14-18)29(2,27)28/h3-9,14H,10-13,15H2,1-2H3,(H,22,25). The fraction of sp³-hybridized carbons (Fsp3) is 0.333. The Hall–Kier alpha value is -2.71. The number of carbonyl (C=O) groups excluding carboxylic acids is 2. The third-order valence-electron chi connectivity index (χ3n) is 4.97. The highest BCUT2D eigenvalue weighted by Crippen LogP contribution is 2.13. The van der Waals surface area contributed by atoms with Crippen LogP contribution in [0.2, 0.25) is 0 Å². The molecule has 2 aromatic carbocycles. The van der Waals surface area contributed by atoms with Crippen LogP contribution >= 0.6 is 0 Å². The number of carbonyl (C=O) groups is 2. The molecule has 0 atom stereocenters. The summed E-state index contributed by atoms with van der Waals surface area (Å²) in [4.78, 5) is 29.1. The molecule has 0 aliphatic carbocycles. The minimum Gasteiger partial charge on any atom is -0.348 e. The van der Waals surface area contributed by atoms with Gasteiger partial charge in [-0.1, -0.05) is 18.2 Å². The van der Waals surface area contributed by atoms with Gasteiger partial charge in [0.2, 0.25) is 0 Å². The van der Waals surface area contributed by atoms with Crippen LogP contribution in [-0.2, 0) is 16.4 Å². The lowest BCUT2D eigenvalue weighted by molar-refractivity contribution is 0.0664. The van der Waals surface area contributed by atoms with E-state index in [-0.39, 0.29) is 28.8 Å². The number of nitrogens with zero attached hydrogens (tertiary/aromatic N) is 2. The van der Waals surface area contributed by atoms with Gasteiger partial charge in [0, 0.05) is 50.1 Å². The minimum atomic E-state index is -3.37. The van der Waals surface area contributed by atoms with E-state index in [0.717, 1.165) is 38.0 Å². The van der Waals surface area contributed by atoms with E-state index in [0.29, 0.717) is 5.56 Å². The molecule has 1 aliphatic rings. The first kappa shape index (κ1) is 21.0. The lowest BCUT2D eigenvalue weighted by Gasteiger charge is -2.32. The van der Waals surface area contributed by atoms with Crippen LogP contribution in [0.5, 0.6) is 0 Å². The van der Waals surface area contributed by atoms with Crippen LogP contribution in [0.25, 0.3) is 0 Å². The van der Waals surface area contributed by atoms with Gasteiger partial charge in [0.1, 0.15) is 0 Å². The van der Waals surface area contributed by atoms with E-state index in [1.165, 1.54) is 12.1 Å². The third kappa shape index (κ3) is 5.42. The van der Waals surface area contributed by atoms with Crippen LogP contribution in [0, 0.1) is 0 Å². The first-order chi connectivity index (χ1) is 13.7. The second-order valence-electron chi connectivity index (χ2n) is 7.28. The molecule has 0 spiro atoms. The average Bonchev–Trinajstić information content (AvgIpc) is 2.72. The van der Waals surface area contributed by atoms with E-state index in [9.17, 15) is 18.0 Å². The highest BCUT2D eigenvalue weighted by atomic mass is 32.2. The Labute approximate surface area is 171 Å². The molecule has 3 rings (SSSR count). The van der Waals surface area contributed by atoms with Gasteiger partial charge in [0.25, 0.3) is 11.8 Å². The second-order valence-corrected chi connectivity index (χ2v) is 9.29. The van der Waals surface area contributed by atoms with Crippen LogP contribution in [0.4, 0.5) is 0 Å². The van der Waals surface area contributed by atoms with E-state index >= 15 is 0 Å². The molecule has 2 aromatic rings. The van der Waals surface area contributed by atoms with E-state index < -0.39 is 9.84 Å². The summed E-state index contributed by atoms with van der Waals surface area (Å²) in [5, 5.41) is 2.78. The van der Waals surface area contributed by atoms with Gasteiger partial charge in [-0.05, 0) is 42.9 Å². The largest absolute Gasteiger partial charge is 0.348 e. The normalized spacial score (nSPS) is 15.2. The molecule has 1 saturated heterocycles. The zero-order valence-electron chi connectivity index (χ0n) is 16.6. The highest BCUT2D eigenvalue weighted by molar-refractivity contribution is 7.90. The van der Waals surface area contributed by atoms with Crippen molar-refractivity contribution in [1.82, 2.24) is 15.1 Å². The van der Waals surface area contributed by atoms with Crippen molar-refractivity contribution in [1.29, 1.82) is 0 Å². The summed E-state index contributed by atoms with van der Waals surface area (Å²) in [6.45, 7) is 3.47. The van der Waals surface area contributed by atoms with Crippen molar-refractivity contribution in [3.8, 4) is 0 Å². The molecule has 0 aromatic heterocycles. The molecular formula is C21H25N3O4S. The number of benzene rings is 2. The Balaban J connectivity index is 1.59. The van der Waals surface area contributed by atoms with E-state index in [1.54, 1.807) is 24.3 Å². The second kappa shape index (κ2) is 8.75. The maximum atomic E-state index is 12.6. The first-order valence-corrected chi connectivity index (χ1v) is 11.3. The van der Waals surface area contributed by atoms with E-state index in [2.05, 4.69) is 10.2 Å². The first-order valence-electron chi connectivity index (χ1n) is 9.39. The van der Waals surface area contributed by atoms with Crippen molar-refractivity contribution in [3.05, 3.63) is 65.2 Å². The van der Waals surface area contributed by atoms with Crippen molar-refractivity contribution < 1.29 is 18.0 Å². The summed E-state index contributed by atoms with van der Waals surface area (Å²) in [5.74, 6) is -0.334. The summed E-state index contributed by atoms with van der Waals surface area (Å²) in [5.41, 5.74) is 1.77. The molecule has 0 saturated carbocycles. The maximum absolute atomic E-state index is 12.6. The lowest BCUT2D eigenvalue weighted by atomic mass is 10.1. The van der Waals surface area contributed by atoms with Gasteiger partial charge in [-0.3, -0.25) is 9.59 Å². The van der Waals surface area contributed by atoms with Gasteiger partial charge in [-0.2, -0.15) is 0 Å². The lowest BCUT2D eigenvalue weighted by Crippen LogP contribution is -2.47. The SMILES string of the molecule is CN1CCN(C(=O)c2ccc(CNC(=O)c3cccc(S(C)(=O)=O)c3)cc2)CC1. The molecule has 0 bridgehead atoms. The minimum absolute atomic E-state index is 0.0197. The molecule has 29 heavy (non-hydrogen) atoms. The number of piperazine rings is 1. The fourth-order valence-electron chi connectivity index (χ4n) is 3.11. The molecule has 7 nitrogen and oxygen atoms in total. The van der Waals surface area contributed by atoms with Gasteiger partial charge in [0.05, 0.1) is 4.90 Å². The Morgan fingerprint density at radius 1 is 0.966 bits per heavy atom. The topological polar surface area (TPSA) is 86.8 Å². The summed E-state index contributed by atoms with van der Waals surface area (Å²) in [6.07, 6.45) is 1.11. The van der Waals surface area contributed by atoms with Gasteiger partial charge >= 0.3 is 0 Å². The predicted molar refractivity (Wildman–Crippen MR) is 111 cm³/mol. The molecule has 154 valence electrons. The van der Waals surface area contributed by atoms with Crippen molar-refractivity contribution >= 4 is 21.7 Å². The Kier molecular flexibility index (Phi) is 6.34. The molecule has 0 radical (unpaired) electrons. The number of nitrogens with one attached hydrogen (secondary N) is 1. The van der Waals surface area contributed by atoms with Crippen molar-refractivity contribution in [3.63, 3.8) is 0 Å². The van der Waals surface area contributed by atoms with Crippen molar-refractivity contribution in [2.24, 2.45) is 0 Å². The van der Waals surface area contributed by atoms with Crippen LogP contribution in [0.3, 0.4) is 0 Å². The number of amides is 2. The molecule has 0 unspecified atom stereocenters. The zero-order valence-corrected chi connectivity index (χ0v) is 17.4. The summed E-state index contributed by atoms with van der Waals surface area (Å²) in [6, 6.07) is 13.1. The van der Waals surface area contributed by atoms with E-state index in [4.69, 9.17) is 0 Å². The number of hydrogen-bond donors (Lipinski definition) is 1. The fourth-order valence-corrected chi connectivity index (χ4v) is 3.78. The Morgan fingerprint density at radius 3 is 2.24 bits per heavy atom. The number of likely N-dealkylation sites (N-methyl/N-ethyl adjacent to an activating group) is 1. The summed E-state index contributed by atoms with van der Waals surface area (Å²) < 4.78 is 23.3. The van der Waals surface area contributed by atoms with Gasteiger partial charge < -0.3 is 15.1 Å². The monoisotopic (exact) mass is 415 g/mol. The van der Waals surface area contributed by atoms with Gasteiger partial charge in [-0.25, -0.2) is 8.42 Å². The molecule has 8 heteroatoms. The summed E-state index contributed by atoms with van der Waals surface area (Å²) in [7, 11) is -1.33. The molecular weight excluding hydrogens is 390 g/mol.